The normalized spacial score (nSPS) is 9.15. The molecular formula is C30H34Cl2SiZr-4. The van der Waals surface area contributed by atoms with Crippen LogP contribution in [-0.2, 0) is 23.3 Å². The van der Waals surface area contributed by atoms with Gasteiger partial charge in [-0.15, -0.1) is 100.0 Å². The molecule has 0 fully saturated rings. The first-order chi connectivity index (χ1) is 14.6. The summed E-state index contributed by atoms with van der Waals surface area (Å²) in [5.74, 6) is 0.636. The maximum atomic E-state index is 3.06. The molecule has 0 unspecified atom stereocenters. The van der Waals surface area contributed by atoms with Crippen LogP contribution in [0.5, 0.6) is 0 Å². The average molecular weight is 585 g/mol. The predicted molar refractivity (Wildman–Crippen MR) is 156 cm³/mol. The standard InChI is InChI=1S/C16H13.C12H13.2CH3.2ClH.Si.Zr/c1-12-10-14-8-5-9-15(16(14)11-12)13-6-3-2-4-7-13;1-9(2)12-7-10-5-3-4-6-11(10)8-12;;;;;;/h2-11H,1H3;3-9H,1-2H3;2*1H3;2*1H;;/q4*-1;;;;. The van der Waals surface area contributed by atoms with Gasteiger partial charge in [-0.05, 0) is 11.5 Å². The van der Waals surface area contributed by atoms with E-state index in [1.807, 2.05) is 0 Å². The Balaban J connectivity index is 0. The van der Waals surface area contributed by atoms with Crippen LogP contribution >= 0.6 is 24.8 Å². The molecule has 5 aromatic rings. The van der Waals surface area contributed by atoms with E-state index in [-0.39, 0.29) is 39.7 Å². The second-order valence-corrected chi connectivity index (χ2v) is 7.78. The van der Waals surface area contributed by atoms with Crippen molar-refractivity contribution >= 4 is 53.2 Å². The van der Waals surface area contributed by atoms with Crippen molar-refractivity contribution in [3.8, 4) is 11.1 Å². The zero-order valence-electron chi connectivity index (χ0n) is 20.6. The van der Waals surface area contributed by atoms with Crippen LogP contribution in [-0.4, -0.2) is 6.88 Å². The monoisotopic (exact) mass is 582 g/mol. The van der Waals surface area contributed by atoms with E-state index in [1.54, 1.807) is 0 Å². The topological polar surface area (TPSA) is 0 Å². The molecule has 4 heteroatoms. The van der Waals surface area contributed by atoms with E-state index in [2.05, 4.69) is 125 Å². The zero-order chi connectivity index (χ0) is 21.5. The molecule has 0 heterocycles. The molecule has 0 aliphatic rings. The Morgan fingerprint density at radius 1 is 0.706 bits per heavy atom. The number of rotatable bonds is 2. The molecule has 0 amide bonds. The van der Waals surface area contributed by atoms with Gasteiger partial charge in [-0.3, -0.25) is 0 Å². The van der Waals surface area contributed by atoms with Crippen molar-refractivity contribution < 1.29 is 23.3 Å². The minimum absolute atomic E-state index is 0. The van der Waals surface area contributed by atoms with Crippen molar-refractivity contribution in [1.82, 2.24) is 0 Å². The van der Waals surface area contributed by atoms with Crippen LogP contribution in [0, 0.1) is 21.8 Å². The predicted octanol–water partition coefficient (Wildman–Crippen LogP) is 9.58. The van der Waals surface area contributed by atoms with Crippen molar-refractivity contribution in [3.05, 3.63) is 123 Å². The van der Waals surface area contributed by atoms with Crippen LogP contribution in [0.4, 0.5) is 0 Å². The number of fused-ring (bicyclic) bond motifs is 2. The van der Waals surface area contributed by atoms with Crippen LogP contribution in [0.25, 0.3) is 32.7 Å². The SMILES string of the molecule is CC(C)c1cc2ccccc2[cH-]1.Cc1cc2c(-c3ccccc3)cccc2[cH-]1.Cl.Cl.[CH3-].[CH3-].[Si]=[Zr]. The van der Waals surface area contributed by atoms with Gasteiger partial charge in [0.2, 0.25) is 0 Å². The Morgan fingerprint density at radius 3 is 1.91 bits per heavy atom. The van der Waals surface area contributed by atoms with Crippen LogP contribution < -0.4 is 0 Å². The van der Waals surface area contributed by atoms with Crippen molar-refractivity contribution in [2.75, 3.05) is 0 Å². The molecule has 5 rings (SSSR count). The van der Waals surface area contributed by atoms with Gasteiger partial charge in [-0.2, -0.15) is 12.1 Å². The van der Waals surface area contributed by atoms with Crippen molar-refractivity contribution in [1.29, 1.82) is 0 Å². The Bertz CT molecular complexity index is 1190. The molecular weight excluding hydrogens is 551 g/mol. The molecule has 0 atom stereocenters. The molecule has 0 saturated carbocycles. The molecule has 34 heavy (non-hydrogen) atoms. The number of hydrogen-bond donors (Lipinski definition) is 0. The van der Waals surface area contributed by atoms with Gasteiger partial charge >= 0.3 is 30.2 Å². The van der Waals surface area contributed by atoms with E-state index in [9.17, 15) is 0 Å². The van der Waals surface area contributed by atoms with Crippen LogP contribution in [0.2, 0.25) is 0 Å². The number of halogens is 2. The third-order valence-electron chi connectivity index (χ3n) is 5.29. The van der Waals surface area contributed by atoms with Gasteiger partial charge in [0.05, 0.1) is 0 Å². The van der Waals surface area contributed by atoms with Gasteiger partial charge in [0.15, 0.2) is 0 Å². The van der Waals surface area contributed by atoms with E-state index in [4.69, 9.17) is 0 Å². The summed E-state index contributed by atoms with van der Waals surface area (Å²) in [7, 11) is 0. The van der Waals surface area contributed by atoms with Crippen molar-refractivity contribution in [3.63, 3.8) is 0 Å². The van der Waals surface area contributed by atoms with Crippen LogP contribution in [0.3, 0.4) is 0 Å². The maximum absolute atomic E-state index is 3.06. The molecule has 0 N–H and O–H groups in total. The van der Waals surface area contributed by atoms with E-state index < -0.39 is 0 Å². The molecule has 0 aliphatic carbocycles. The van der Waals surface area contributed by atoms with E-state index in [1.165, 1.54) is 67.1 Å². The Kier molecular flexibility index (Phi) is 17.4. The molecule has 0 spiro atoms. The first kappa shape index (κ1) is 34.7. The van der Waals surface area contributed by atoms with Gasteiger partial charge in [-0.1, -0.05) is 68.8 Å². The summed E-state index contributed by atoms with van der Waals surface area (Å²) in [5, 5.41) is 5.41. The first-order valence-electron chi connectivity index (χ1n) is 10.2. The number of aryl methyl sites for hydroxylation is 1. The van der Waals surface area contributed by atoms with Gasteiger partial charge < -0.3 is 14.9 Å². The molecule has 0 bridgehead atoms. The fraction of sp³-hybridized carbons (Fsp3) is 0.133. The third kappa shape index (κ3) is 8.65. The van der Waals surface area contributed by atoms with Crippen molar-refractivity contribution in [2.24, 2.45) is 0 Å². The molecule has 0 aromatic heterocycles. The number of benzene rings is 3. The molecule has 5 aromatic carbocycles. The fourth-order valence-corrected chi connectivity index (χ4v) is 3.76. The Morgan fingerprint density at radius 2 is 1.29 bits per heavy atom. The fourth-order valence-electron chi connectivity index (χ4n) is 3.76. The average Bonchev–Trinajstić information content (AvgIpc) is 3.39. The molecule has 2 radical (unpaired) electrons. The zero-order valence-corrected chi connectivity index (χ0v) is 25.7. The molecule has 0 aliphatic heterocycles. The van der Waals surface area contributed by atoms with E-state index in [0.29, 0.717) is 5.92 Å². The van der Waals surface area contributed by atoms with Crippen LogP contribution in [0.1, 0.15) is 30.9 Å². The van der Waals surface area contributed by atoms with Crippen LogP contribution in [0.15, 0.2) is 97.1 Å². The second kappa shape index (κ2) is 17.1. The summed E-state index contributed by atoms with van der Waals surface area (Å²) in [5.41, 5.74) is 5.39. The van der Waals surface area contributed by atoms with Gasteiger partial charge in [0, 0.05) is 0 Å². The Hall–Kier alpha value is -1.44. The third-order valence-corrected chi connectivity index (χ3v) is 5.29. The quantitative estimate of drug-likeness (QED) is 0.143. The molecule has 180 valence electrons. The number of hydrogen-bond acceptors (Lipinski definition) is 0. The Labute approximate surface area is 235 Å². The second-order valence-electron chi connectivity index (χ2n) is 7.78. The summed E-state index contributed by atoms with van der Waals surface area (Å²) in [6.07, 6.45) is 0. The van der Waals surface area contributed by atoms with Gasteiger partial charge in [0.1, 0.15) is 0 Å². The summed E-state index contributed by atoms with van der Waals surface area (Å²) in [6.45, 7) is 9.67. The van der Waals surface area contributed by atoms with Gasteiger partial charge in [-0.25, -0.2) is 0 Å². The summed E-state index contributed by atoms with van der Waals surface area (Å²) in [4.78, 5) is 0. The minimum atomic E-state index is 0. The van der Waals surface area contributed by atoms with E-state index >= 15 is 0 Å². The molecule has 0 saturated heterocycles. The summed E-state index contributed by atoms with van der Waals surface area (Å²) in [6, 6.07) is 34.6. The first-order valence-corrected chi connectivity index (χ1v) is 14.4. The molecule has 0 nitrogen and oxygen atoms in total. The summed E-state index contributed by atoms with van der Waals surface area (Å²) < 4.78 is 0. The van der Waals surface area contributed by atoms with E-state index in [0.717, 1.165) is 0 Å². The summed E-state index contributed by atoms with van der Waals surface area (Å²) >= 11 is 1.36. The van der Waals surface area contributed by atoms with Crippen molar-refractivity contribution in [2.45, 2.75) is 26.7 Å². The van der Waals surface area contributed by atoms with Gasteiger partial charge in [0.25, 0.3) is 0 Å².